The van der Waals surface area contributed by atoms with Gasteiger partial charge in [-0.2, -0.15) is 0 Å². The Balaban J connectivity index is 1.77. The van der Waals surface area contributed by atoms with Crippen LogP contribution in [0.1, 0.15) is 12.8 Å². The van der Waals surface area contributed by atoms with Crippen LogP contribution in [-0.2, 0) is 0 Å². The Morgan fingerprint density at radius 2 is 2.13 bits per heavy atom. The van der Waals surface area contributed by atoms with Crippen molar-refractivity contribution in [2.24, 2.45) is 5.92 Å². The number of rotatable bonds is 3. The summed E-state index contributed by atoms with van der Waals surface area (Å²) in [4.78, 5) is 0. The monoisotopic (exact) mass is 234 g/mol. The summed E-state index contributed by atoms with van der Waals surface area (Å²) in [6.07, 6.45) is -0.206. The van der Waals surface area contributed by atoms with Crippen molar-refractivity contribution in [3.63, 3.8) is 0 Å². The highest BCUT2D eigenvalue weighted by Gasteiger charge is 2.45. The maximum atomic E-state index is 12.5. The SMILES string of the molecule is FC1(F)CC(COc2ccc(Cl)nn2)C1. The molecule has 0 aromatic carbocycles. The average Bonchev–Trinajstić information content (AvgIpc) is 2.14. The fourth-order valence-electron chi connectivity index (χ4n) is 1.49. The Morgan fingerprint density at radius 1 is 1.40 bits per heavy atom. The van der Waals surface area contributed by atoms with E-state index in [1.165, 1.54) is 0 Å². The molecule has 1 aliphatic carbocycles. The van der Waals surface area contributed by atoms with Gasteiger partial charge in [0.2, 0.25) is 11.8 Å². The molecule has 0 aliphatic heterocycles. The summed E-state index contributed by atoms with van der Waals surface area (Å²) in [6, 6.07) is 3.10. The zero-order valence-electron chi connectivity index (χ0n) is 7.79. The van der Waals surface area contributed by atoms with Crippen LogP contribution in [0.4, 0.5) is 8.78 Å². The summed E-state index contributed by atoms with van der Waals surface area (Å²) in [7, 11) is 0. The Labute approximate surface area is 90.4 Å². The lowest BCUT2D eigenvalue weighted by atomic mass is 9.82. The molecule has 1 heterocycles. The summed E-state index contributed by atoms with van der Waals surface area (Å²) in [5, 5.41) is 7.50. The molecule has 0 atom stereocenters. The second kappa shape index (κ2) is 3.89. The zero-order valence-corrected chi connectivity index (χ0v) is 8.55. The summed E-state index contributed by atoms with van der Waals surface area (Å²) < 4.78 is 30.1. The average molecular weight is 235 g/mol. The third-order valence-corrected chi connectivity index (χ3v) is 2.45. The van der Waals surface area contributed by atoms with E-state index < -0.39 is 5.92 Å². The van der Waals surface area contributed by atoms with E-state index in [-0.39, 0.29) is 30.5 Å². The molecule has 82 valence electrons. The second-order valence-electron chi connectivity index (χ2n) is 3.64. The molecule has 0 amide bonds. The van der Waals surface area contributed by atoms with Gasteiger partial charge in [0.25, 0.3) is 0 Å². The molecule has 0 radical (unpaired) electrons. The van der Waals surface area contributed by atoms with E-state index in [0.29, 0.717) is 5.88 Å². The lowest BCUT2D eigenvalue weighted by Gasteiger charge is -2.34. The predicted octanol–water partition coefficient (Wildman–Crippen LogP) is 2.55. The molecule has 15 heavy (non-hydrogen) atoms. The van der Waals surface area contributed by atoms with Gasteiger partial charge in [-0.3, -0.25) is 0 Å². The van der Waals surface area contributed by atoms with E-state index in [1.807, 2.05) is 0 Å². The van der Waals surface area contributed by atoms with Crippen LogP contribution in [0.15, 0.2) is 12.1 Å². The normalized spacial score (nSPS) is 19.7. The zero-order chi connectivity index (χ0) is 10.9. The molecule has 2 rings (SSSR count). The third kappa shape index (κ3) is 2.75. The standard InChI is InChI=1S/C9H9ClF2N2O/c10-7-1-2-8(14-13-7)15-5-6-3-9(11,12)4-6/h1-2,6H,3-5H2. The molecule has 3 nitrogen and oxygen atoms in total. The molecule has 1 aliphatic rings. The molecule has 1 aromatic rings. The van der Waals surface area contributed by atoms with Crippen LogP contribution in [0.25, 0.3) is 0 Å². The van der Waals surface area contributed by atoms with Gasteiger partial charge >= 0.3 is 0 Å². The van der Waals surface area contributed by atoms with E-state index in [9.17, 15) is 8.78 Å². The Kier molecular flexibility index (Phi) is 2.73. The van der Waals surface area contributed by atoms with Gasteiger partial charge in [-0.25, -0.2) is 8.78 Å². The molecule has 1 fully saturated rings. The van der Waals surface area contributed by atoms with Crippen molar-refractivity contribution in [2.45, 2.75) is 18.8 Å². The number of halogens is 3. The van der Waals surface area contributed by atoms with Gasteiger partial charge in [-0.1, -0.05) is 11.6 Å². The first kappa shape index (κ1) is 10.5. The topological polar surface area (TPSA) is 35.0 Å². The number of aromatic nitrogens is 2. The van der Waals surface area contributed by atoms with E-state index in [0.717, 1.165) is 0 Å². The van der Waals surface area contributed by atoms with Gasteiger partial charge in [-0.15, -0.1) is 10.2 Å². The first-order chi connectivity index (χ1) is 7.05. The van der Waals surface area contributed by atoms with E-state index in [4.69, 9.17) is 16.3 Å². The smallest absolute Gasteiger partial charge is 0.248 e. The lowest BCUT2D eigenvalue weighted by Crippen LogP contribution is -2.38. The number of ether oxygens (including phenoxy) is 1. The largest absolute Gasteiger partial charge is 0.476 e. The highest BCUT2D eigenvalue weighted by molar-refractivity contribution is 6.29. The quantitative estimate of drug-likeness (QED) is 0.806. The van der Waals surface area contributed by atoms with Crippen molar-refractivity contribution in [2.75, 3.05) is 6.61 Å². The van der Waals surface area contributed by atoms with Crippen LogP contribution in [0.3, 0.4) is 0 Å². The molecular weight excluding hydrogens is 226 g/mol. The molecule has 0 N–H and O–H groups in total. The van der Waals surface area contributed by atoms with Crippen LogP contribution in [-0.4, -0.2) is 22.7 Å². The van der Waals surface area contributed by atoms with Gasteiger partial charge in [0, 0.05) is 24.8 Å². The van der Waals surface area contributed by atoms with Gasteiger partial charge in [0.1, 0.15) is 0 Å². The van der Waals surface area contributed by atoms with E-state index in [2.05, 4.69) is 10.2 Å². The highest BCUT2D eigenvalue weighted by atomic mass is 35.5. The van der Waals surface area contributed by atoms with Crippen molar-refractivity contribution in [1.29, 1.82) is 0 Å². The van der Waals surface area contributed by atoms with Crippen LogP contribution in [0.2, 0.25) is 5.15 Å². The molecule has 0 spiro atoms. The predicted molar refractivity (Wildman–Crippen MR) is 50.2 cm³/mol. The maximum absolute atomic E-state index is 12.5. The Morgan fingerprint density at radius 3 is 2.67 bits per heavy atom. The van der Waals surface area contributed by atoms with Crippen molar-refractivity contribution in [1.82, 2.24) is 10.2 Å². The molecule has 1 aromatic heterocycles. The van der Waals surface area contributed by atoms with Gasteiger partial charge in [-0.05, 0) is 6.07 Å². The molecule has 0 bridgehead atoms. The van der Waals surface area contributed by atoms with Crippen LogP contribution < -0.4 is 4.74 Å². The lowest BCUT2D eigenvalue weighted by molar-refractivity contribution is -0.119. The fourth-order valence-corrected chi connectivity index (χ4v) is 1.59. The third-order valence-electron chi connectivity index (χ3n) is 2.25. The van der Waals surface area contributed by atoms with Crippen molar-refractivity contribution in [3.05, 3.63) is 17.3 Å². The van der Waals surface area contributed by atoms with Gasteiger partial charge in [0.05, 0.1) is 6.61 Å². The minimum Gasteiger partial charge on any atom is -0.476 e. The minimum atomic E-state index is -2.50. The van der Waals surface area contributed by atoms with Gasteiger partial charge in [0.15, 0.2) is 5.15 Å². The number of hydrogen-bond donors (Lipinski definition) is 0. The molecule has 0 unspecified atom stereocenters. The Bertz CT molecular complexity index is 336. The van der Waals surface area contributed by atoms with Crippen molar-refractivity contribution < 1.29 is 13.5 Å². The molecule has 0 saturated heterocycles. The summed E-state index contributed by atoms with van der Waals surface area (Å²) in [5.74, 6) is -2.27. The van der Waals surface area contributed by atoms with Crippen LogP contribution >= 0.6 is 11.6 Å². The minimum absolute atomic E-state index is 0.0857. The number of nitrogens with zero attached hydrogens (tertiary/aromatic N) is 2. The van der Waals surface area contributed by atoms with Crippen molar-refractivity contribution in [3.8, 4) is 5.88 Å². The van der Waals surface area contributed by atoms with Crippen molar-refractivity contribution >= 4 is 11.6 Å². The Hall–Kier alpha value is -0.970. The van der Waals surface area contributed by atoms with Gasteiger partial charge < -0.3 is 4.74 Å². The summed E-state index contributed by atoms with van der Waals surface area (Å²) in [5.41, 5.74) is 0. The first-order valence-corrected chi connectivity index (χ1v) is 4.93. The maximum Gasteiger partial charge on any atom is 0.248 e. The number of hydrogen-bond acceptors (Lipinski definition) is 3. The number of alkyl halides is 2. The summed E-state index contributed by atoms with van der Waals surface area (Å²) in [6.45, 7) is 0.256. The second-order valence-corrected chi connectivity index (χ2v) is 4.02. The van der Waals surface area contributed by atoms with E-state index >= 15 is 0 Å². The molecule has 1 saturated carbocycles. The highest BCUT2D eigenvalue weighted by Crippen LogP contribution is 2.42. The molecular formula is C9H9ClF2N2O. The summed E-state index contributed by atoms with van der Waals surface area (Å²) >= 11 is 5.52. The fraction of sp³-hybridized carbons (Fsp3) is 0.556. The first-order valence-electron chi connectivity index (χ1n) is 4.55. The van der Waals surface area contributed by atoms with Crippen LogP contribution in [0, 0.1) is 5.92 Å². The molecule has 6 heteroatoms. The van der Waals surface area contributed by atoms with E-state index in [1.54, 1.807) is 12.1 Å². The van der Waals surface area contributed by atoms with Crippen LogP contribution in [0.5, 0.6) is 5.88 Å².